The lowest BCUT2D eigenvalue weighted by Crippen LogP contribution is -1.88. The SMILES string of the molecule is Fc1cnc(Br)c2cc(Cl)cnc12. The van der Waals surface area contributed by atoms with Crippen LogP contribution in [0, 0.1) is 5.82 Å². The summed E-state index contributed by atoms with van der Waals surface area (Å²) >= 11 is 8.90. The predicted molar refractivity (Wildman–Crippen MR) is 52.2 cm³/mol. The largest absolute Gasteiger partial charge is 0.251 e. The normalized spacial score (nSPS) is 10.7. The first-order chi connectivity index (χ1) is 6.18. The lowest BCUT2D eigenvalue weighted by molar-refractivity contribution is 0.630. The second kappa shape index (κ2) is 3.20. The molecule has 2 aromatic rings. The number of hydrogen-bond acceptors (Lipinski definition) is 2. The van der Waals surface area contributed by atoms with Crippen LogP contribution in [-0.4, -0.2) is 9.97 Å². The number of pyridine rings is 2. The monoisotopic (exact) mass is 260 g/mol. The third kappa shape index (κ3) is 1.51. The summed E-state index contributed by atoms with van der Waals surface area (Å²) in [6.45, 7) is 0. The number of rotatable bonds is 0. The molecule has 2 heterocycles. The Bertz CT molecular complexity index is 475. The highest BCUT2D eigenvalue weighted by molar-refractivity contribution is 9.10. The molecule has 66 valence electrons. The summed E-state index contributed by atoms with van der Waals surface area (Å²) in [5.41, 5.74) is 0.270. The van der Waals surface area contributed by atoms with Crippen LogP contribution in [0.4, 0.5) is 4.39 Å². The number of halogens is 3. The molecule has 0 saturated carbocycles. The molecule has 2 nitrogen and oxygen atoms in total. The van der Waals surface area contributed by atoms with E-state index >= 15 is 0 Å². The van der Waals surface area contributed by atoms with Gasteiger partial charge in [-0.1, -0.05) is 11.6 Å². The molecule has 0 aliphatic rings. The van der Waals surface area contributed by atoms with Crippen LogP contribution in [-0.2, 0) is 0 Å². The van der Waals surface area contributed by atoms with Crippen molar-refractivity contribution in [1.29, 1.82) is 0 Å². The van der Waals surface area contributed by atoms with E-state index in [0.29, 0.717) is 15.0 Å². The van der Waals surface area contributed by atoms with Crippen LogP contribution in [0.5, 0.6) is 0 Å². The molecular weight excluding hydrogens is 258 g/mol. The highest BCUT2D eigenvalue weighted by Gasteiger charge is 2.06. The van der Waals surface area contributed by atoms with Gasteiger partial charge in [-0.05, 0) is 22.0 Å². The number of fused-ring (bicyclic) bond motifs is 1. The Morgan fingerprint density at radius 3 is 2.85 bits per heavy atom. The van der Waals surface area contributed by atoms with E-state index in [1.165, 1.54) is 6.20 Å². The quantitative estimate of drug-likeness (QED) is 0.681. The average Bonchev–Trinajstić information content (AvgIpc) is 2.12. The van der Waals surface area contributed by atoms with E-state index in [1.807, 2.05) is 0 Å². The van der Waals surface area contributed by atoms with E-state index in [4.69, 9.17) is 11.6 Å². The van der Waals surface area contributed by atoms with Gasteiger partial charge in [-0.25, -0.2) is 9.37 Å². The Kier molecular flexibility index (Phi) is 2.17. The van der Waals surface area contributed by atoms with E-state index < -0.39 is 5.82 Å². The maximum absolute atomic E-state index is 13.1. The van der Waals surface area contributed by atoms with E-state index in [9.17, 15) is 4.39 Å². The van der Waals surface area contributed by atoms with Gasteiger partial charge in [0.15, 0.2) is 5.82 Å². The third-order valence-electron chi connectivity index (χ3n) is 1.59. The van der Waals surface area contributed by atoms with Gasteiger partial charge in [0.2, 0.25) is 0 Å². The minimum Gasteiger partial charge on any atom is -0.251 e. The Labute approximate surface area is 86.9 Å². The second-order valence-electron chi connectivity index (χ2n) is 2.45. The molecule has 0 aliphatic heterocycles. The minimum absolute atomic E-state index is 0.270. The number of hydrogen-bond donors (Lipinski definition) is 0. The van der Waals surface area contributed by atoms with Crippen molar-refractivity contribution in [3.8, 4) is 0 Å². The number of nitrogens with zero attached hydrogens (tertiary/aromatic N) is 2. The van der Waals surface area contributed by atoms with Crippen molar-refractivity contribution >= 4 is 38.4 Å². The Hall–Kier alpha value is -0.740. The first-order valence-electron chi connectivity index (χ1n) is 3.44. The third-order valence-corrected chi connectivity index (χ3v) is 2.43. The maximum Gasteiger partial charge on any atom is 0.167 e. The van der Waals surface area contributed by atoms with Crippen LogP contribution in [0.25, 0.3) is 10.9 Å². The molecule has 0 saturated heterocycles. The summed E-state index contributed by atoms with van der Waals surface area (Å²) in [5.74, 6) is -0.449. The Morgan fingerprint density at radius 2 is 2.08 bits per heavy atom. The van der Waals surface area contributed by atoms with Crippen molar-refractivity contribution in [3.05, 3.63) is 33.9 Å². The van der Waals surface area contributed by atoms with Crippen molar-refractivity contribution in [2.45, 2.75) is 0 Å². The molecule has 2 aromatic heterocycles. The molecule has 0 amide bonds. The average molecular weight is 261 g/mol. The zero-order chi connectivity index (χ0) is 9.42. The molecular formula is C8H3BrClFN2. The number of aromatic nitrogens is 2. The molecule has 0 N–H and O–H groups in total. The highest BCUT2D eigenvalue weighted by Crippen LogP contribution is 2.24. The minimum atomic E-state index is -0.449. The van der Waals surface area contributed by atoms with Crippen molar-refractivity contribution in [3.63, 3.8) is 0 Å². The molecule has 0 aliphatic carbocycles. The van der Waals surface area contributed by atoms with Crippen LogP contribution in [0.3, 0.4) is 0 Å². The summed E-state index contributed by atoms with van der Waals surface area (Å²) in [7, 11) is 0. The molecule has 0 atom stereocenters. The molecule has 0 bridgehead atoms. The summed E-state index contributed by atoms with van der Waals surface area (Å²) in [4.78, 5) is 7.66. The van der Waals surface area contributed by atoms with Gasteiger partial charge in [0.1, 0.15) is 10.1 Å². The molecule has 5 heteroatoms. The van der Waals surface area contributed by atoms with Gasteiger partial charge in [-0.3, -0.25) is 4.98 Å². The molecule has 0 radical (unpaired) electrons. The Balaban J connectivity index is 2.92. The van der Waals surface area contributed by atoms with Gasteiger partial charge in [-0.2, -0.15) is 0 Å². The smallest absolute Gasteiger partial charge is 0.167 e. The van der Waals surface area contributed by atoms with Gasteiger partial charge >= 0.3 is 0 Å². The summed E-state index contributed by atoms with van der Waals surface area (Å²) in [6.07, 6.45) is 2.52. The van der Waals surface area contributed by atoms with Gasteiger partial charge in [0, 0.05) is 11.6 Å². The molecule has 0 fully saturated rings. The van der Waals surface area contributed by atoms with Gasteiger partial charge in [-0.15, -0.1) is 0 Å². The fraction of sp³-hybridized carbons (Fsp3) is 0. The summed E-state index contributed by atoms with van der Waals surface area (Å²) in [6, 6.07) is 1.62. The lowest BCUT2D eigenvalue weighted by Gasteiger charge is -2.00. The fourth-order valence-electron chi connectivity index (χ4n) is 1.03. The topological polar surface area (TPSA) is 25.8 Å². The van der Waals surface area contributed by atoms with Gasteiger partial charge < -0.3 is 0 Å². The molecule has 0 spiro atoms. The first-order valence-corrected chi connectivity index (χ1v) is 4.61. The van der Waals surface area contributed by atoms with Crippen LogP contribution in [0.1, 0.15) is 0 Å². The highest BCUT2D eigenvalue weighted by atomic mass is 79.9. The summed E-state index contributed by atoms with van der Waals surface area (Å²) in [5, 5.41) is 1.04. The van der Waals surface area contributed by atoms with Crippen LogP contribution >= 0.6 is 27.5 Å². The summed E-state index contributed by atoms with van der Waals surface area (Å²) < 4.78 is 13.6. The first kappa shape index (κ1) is 8.84. The van der Waals surface area contributed by atoms with Crippen LogP contribution in [0.15, 0.2) is 23.1 Å². The zero-order valence-corrected chi connectivity index (χ0v) is 8.60. The second-order valence-corrected chi connectivity index (χ2v) is 3.63. The zero-order valence-electron chi connectivity index (χ0n) is 6.26. The lowest BCUT2D eigenvalue weighted by atomic mass is 10.3. The maximum atomic E-state index is 13.1. The Morgan fingerprint density at radius 1 is 1.31 bits per heavy atom. The standard InChI is InChI=1S/C8H3BrClFN2/c9-8-5-1-4(10)2-12-7(5)6(11)3-13-8/h1-3H. The van der Waals surface area contributed by atoms with Crippen molar-refractivity contribution in [1.82, 2.24) is 9.97 Å². The van der Waals surface area contributed by atoms with E-state index in [0.717, 1.165) is 6.20 Å². The molecule has 13 heavy (non-hydrogen) atoms. The fourth-order valence-corrected chi connectivity index (χ4v) is 1.59. The van der Waals surface area contributed by atoms with E-state index in [-0.39, 0.29) is 5.52 Å². The predicted octanol–water partition coefficient (Wildman–Crippen LogP) is 3.18. The van der Waals surface area contributed by atoms with Crippen LogP contribution < -0.4 is 0 Å². The van der Waals surface area contributed by atoms with Gasteiger partial charge in [0.05, 0.1) is 11.2 Å². The van der Waals surface area contributed by atoms with Gasteiger partial charge in [0.25, 0.3) is 0 Å². The molecule has 2 rings (SSSR count). The molecule has 0 unspecified atom stereocenters. The van der Waals surface area contributed by atoms with E-state index in [1.54, 1.807) is 6.07 Å². The van der Waals surface area contributed by atoms with Crippen molar-refractivity contribution < 1.29 is 4.39 Å². The van der Waals surface area contributed by atoms with E-state index in [2.05, 4.69) is 25.9 Å². The van der Waals surface area contributed by atoms with Crippen LogP contribution in [0.2, 0.25) is 5.02 Å². The molecule has 0 aromatic carbocycles. The van der Waals surface area contributed by atoms with Crippen molar-refractivity contribution in [2.24, 2.45) is 0 Å². The van der Waals surface area contributed by atoms with Crippen molar-refractivity contribution in [2.75, 3.05) is 0 Å².